The van der Waals surface area contributed by atoms with Gasteiger partial charge in [-0.15, -0.1) is 0 Å². The van der Waals surface area contributed by atoms with Gasteiger partial charge in [-0.2, -0.15) is 0 Å². The topological polar surface area (TPSA) is 160 Å². The van der Waals surface area contributed by atoms with E-state index >= 15 is 0 Å². The van der Waals surface area contributed by atoms with Crippen LogP contribution in [0.5, 0.6) is 28.7 Å². The molecule has 0 saturated heterocycles. The van der Waals surface area contributed by atoms with Gasteiger partial charge in [-0.1, -0.05) is 58.0 Å². The van der Waals surface area contributed by atoms with Gasteiger partial charge in [-0.3, -0.25) is 19.2 Å². The molecule has 0 saturated carbocycles. The smallest absolute Gasteiger partial charge is 0.228 e. The van der Waals surface area contributed by atoms with Crippen molar-refractivity contribution in [3.8, 4) is 39.9 Å². The Balaban J connectivity index is 1.45. The van der Waals surface area contributed by atoms with Crippen molar-refractivity contribution in [2.75, 3.05) is 26.6 Å². The number of carbonyl (C=O) groups is 3. The highest BCUT2D eigenvalue weighted by Gasteiger charge is 2.31. The summed E-state index contributed by atoms with van der Waals surface area (Å²) in [5, 5.41) is 25.4. The fourth-order valence-electron chi connectivity index (χ4n) is 7.54. The third kappa shape index (κ3) is 10.3. The lowest BCUT2D eigenvalue weighted by Crippen LogP contribution is -2.45. The van der Waals surface area contributed by atoms with Crippen molar-refractivity contribution in [1.29, 1.82) is 0 Å². The zero-order chi connectivity index (χ0) is 41.4. The zero-order valence-corrected chi connectivity index (χ0v) is 33.8. The summed E-state index contributed by atoms with van der Waals surface area (Å²) < 4.78 is 17.2. The molecule has 4 atom stereocenters. The maximum Gasteiger partial charge on any atom is 0.228 e. The molecule has 0 aliphatic heterocycles. The third-order valence-electron chi connectivity index (χ3n) is 10.7. The lowest BCUT2D eigenvalue weighted by Gasteiger charge is -2.24. The summed E-state index contributed by atoms with van der Waals surface area (Å²) in [5.74, 6) is -0.794. The molecule has 0 radical (unpaired) electrons. The Labute approximate surface area is 334 Å². The number of amides is 2. The molecule has 57 heavy (non-hydrogen) atoms. The van der Waals surface area contributed by atoms with E-state index in [4.69, 9.17) is 14.2 Å². The number of aryl methyl sites for hydroxylation is 1. The molecule has 0 bridgehead atoms. The highest BCUT2D eigenvalue weighted by atomic mass is 16.5. The molecule has 11 heteroatoms. The Hall–Kier alpha value is -5.84. The fraction of sp³-hybridized carbons (Fsp3) is 0.391. The van der Waals surface area contributed by atoms with Crippen LogP contribution in [0.3, 0.4) is 0 Å². The summed E-state index contributed by atoms with van der Waals surface area (Å²) in [6.07, 6.45) is 2.19. The molecular weight excluding hydrogens is 725 g/mol. The van der Waals surface area contributed by atoms with E-state index in [1.165, 1.54) is 12.1 Å². The van der Waals surface area contributed by atoms with E-state index in [9.17, 15) is 29.4 Å². The first kappa shape index (κ1) is 42.3. The first-order chi connectivity index (χ1) is 27.2. The number of Topliss-reactive ketones (excluding diaryl/α,β-unsaturated/α-hetero) is 1. The van der Waals surface area contributed by atoms with E-state index in [2.05, 4.69) is 17.6 Å². The molecule has 5 rings (SSSR count). The van der Waals surface area contributed by atoms with Crippen LogP contribution in [0.2, 0.25) is 0 Å². The number of hydrogen-bond donors (Lipinski definition) is 4. The van der Waals surface area contributed by atoms with Gasteiger partial charge in [0.25, 0.3) is 0 Å². The highest BCUT2D eigenvalue weighted by molar-refractivity contribution is 5.98. The summed E-state index contributed by atoms with van der Waals surface area (Å²) >= 11 is 0. The van der Waals surface area contributed by atoms with Gasteiger partial charge in [0, 0.05) is 23.8 Å². The van der Waals surface area contributed by atoms with Gasteiger partial charge in [-0.05, 0) is 114 Å². The SMILES string of the molecule is COc1cc2c(c(OC)c1OC)-c1ccc(NC(=O)[C@@H](CC(=O)[C@H](CC(C)C)NC(=O)[C@@H](C)Cc3ccc(O)cc3)Cc3ccc(O)cc3)c(=O)cc1[C@@H](C)CC2. The van der Waals surface area contributed by atoms with Crippen molar-refractivity contribution in [3.05, 3.63) is 105 Å². The quantitative estimate of drug-likeness (QED) is 0.0911. The van der Waals surface area contributed by atoms with E-state index in [-0.39, 0.29) is 59.0 Å². The first-order valence-electron chi connectivity index (χ1n) is 19.4. The summed E-state index contributed by atoms with van der Waals surface area (Å²) in [4.78, 5) is 55.7. The van der Waals surface area contributed by atoms with Gasteiger partial charge in [-0.25, -0.2) is 0 Å². The molecule has 4 aromatic rings. The van der Waals surface area contributed by atoms with Gasteiger partial charge in [0.1, 0.15) is 11.5 Å². The number of benzene rings is 3. The summed E-state index contributed by atoms with van der Waals surface area (Å²) in [6.45, 7) is 7.76. The predicted octanol–water partition coefficient (Wildman–Crippen LogP) is 7.37. The fourth-order valence-corrected chi connectivity index (χ4v) is 7.54. The van der Waals surface area contributed by atoms with Crippen LogP contribution >= 0.6 is 0 Å². The van der Waals surface area contributed by atoms with E-state index in [0.717, 1.165) is 34.2 Å². The number of ether oxygens (including phenoxy) is 3. The highest BCUT2D eigenvalue weighted by Crippen LogP contribution is 2.50. The number of anilines is 1. The largest absolute Gasteiger partial charge is 0.508 e. The molecule has 2 amide bonds. The normalized spacial score (nSPS) is 14.9. The van der Waals surface area contributed by atoms with Crippen LogP contribution < -0.4 is 30.3 Å². The van der Waals surface area contributed by atoms with Gasteiger partial charge in [0.15, 0.2) is 17.3 Å². The second-order valence-corrected chi connectivity index (χ2v) is 15.4. The zero-order valence-electron chi connectivity index (χ0n) is 33.8. The van der Waals surface area contributed by atoms with Gasteiger partial charge in [0.05, 0.1) is 33.1 Å². The van der Waals surface area contributed by atoms with Crippen molar-refractivity contribution >= 4 is 23.3 Å². The lowest BCUT2D eigenvalue weighted by atomic mass is 9.88. The Bertz CT molecular complexity index is 2130. The average Bonchev–Trinajstić information content (AvgIpc) is 3.42. The van der Waals surface area contributed by atoms with Crippen LogP contribution in [-0.4, -0.2) is 55.2 Å². The predicted molar refractivity (Wildman–Crippen MR) is 220 cm³/mol. The molecule has 0 spiro atoms. The summed E-state index contributed by atoms with van der Waals surface area (Å²) in [6, 6.07) is 19.1. The Morgan fingerprint density at radius 3 is 1.98 bits per heavy atom. The van der Waals surface area contributed by atoms with Crippen LogP contribution in [-0.2, 0) is 33.6 Å². The molecule has 4 N–H and O–H groups in total. The molecule has 0 fully saturated rings. The number of methoxy groups -OCH3 is 3. The molecule has 0 unspecified atom stereocenters. The van der Waals surface area contributed by atoms with E-state index in [1.54, 1.807) is 76.8 Å². The standard InChI is InChI=1S/C46H54N2O9/c1-26(2)20-38(48-45(53)28(4)21-29-9-14-33(49)15-10-29)39(51)23-32(22-30-11-16-34(50)17-12-30)46(54)47-37-19-18-35-36(25-40(37)52)27(3)8-13-31-24-41(55-5)43(56-6)44(57-7)42(31)35/h9-12,14-19,24-28,32,38,49-50H,8,13,20-23H2,1-7H3,(H,48,53)(H,47,52,54)/t27-,28-,32+,38-/m0/s1. The molecule has 1 aliphatic carbocycles. The number of ketones is 1. The number of fused-ring (bicyclic) bond motifs is 3. The Morgan fingerprint density at radius 2 is 1.40 bits per heavy atom. The van der Waals surface area contributed by atoms with E-state index in [0.29, 0.717) is 42.1 Å². The van der Waals surface area contributed by atoms with Crippen LogP contribution in [0.15, 0.2) is 77.6 Å². The van der Waals surface area contributed by atoms with Gasteiger partial charge < -0.3 is 35.1 Å². The number of aromatic hydroxyl groups is 2. The van der Waals surface area contributed by atoms with Crippen molar-refractivity contribution in [1.82, 2.24) is 5.32 Å². The molecule has 0 aromatic heterocycles. The number of phenols is 2. The number of nitrogens with one attached hydrogen (secondary N) is 2. The van der Waals surface area contributed by atoms with Crippen molar-refractivity contribution < 1.29 is 38.8 Å². The maximum atomic E-state index is 14.3. The van der Waals surface area contributed by atoms with Crippen LogP contribution in [0, 0.1) is 17.8 Å². The minimum absolute atomic E-state index is 0.00507. The number of carbonyl (C=O) groups excluding carboxylic acids is 3. The van der Waals surface area contributed by atoms with E-state index < -0.39 is 23.8 Å². The molecule has 1 aliphatic rings. The van der Waals surface area contributed by atoms with Gasteiger partial charge in [0.2, 0.25) is 23.0 Å². The summed E-state index contributed by atoms with van der Waals surface area (Å²) in [7, 11) is 4.67. The number of hydrogen-bond acceptors (Lipinski definition) is 9. The third-order valence-corrected chi connectivity index (χ3v) is 10.7. The van der Waals surface area contributed by atoms with Crippen molar-refractivity contribution in [3.63, 3.8) is 0 Å². The molecule has 11 nitrogen and oxygen atoms in total. The molecule has 0 heterocycles. The molecule has 302 valence electrons. The van der Waals surface area contributed by atoms with Crippen LogP contribution in [0.1, 0.15) is 75.1 Å². The second kappa shape index (κ2) is 18.9. The van der Waals surface area contributed by atoms with Gasteiger partial charge >= 0.3 is 0 Å². The molecule has 4 aromatic carbocycles. The van der Waals surface area contributed by atoms with Crippen LogP contribution in [0.25, 0.3) is 11.1 Å². The summed E-state index contributed by atoms with van der Waals surface area (Å²) in [5.41, 5.74) is 4.58. The number of rotatable bonds is 16. The second-order valence-electron chi connectivity index (χ2n) is 15.4. The van der Waals surface area contributed by atoms with E-state index in [1.807, 2.05) is 26.0 Å². The number of phenolic OH excluding ortho intramolecular Hbond substituents is 2. The Kier molecular flexibility index (Phi) is 14.0. The van der Waals surface area contributed by atoms with Crippen LogP contribution in [0.4, 0.5) is 5.69 Å². The lowest BCUT2D eigenvalue weighted by molar-refractivity contribution is -0.131. The average molecular weight is 779 g/mol. The maximum absolute atomic E-state index is 14.3. The first-order valence-corrected chi connectivity index (χ1v) is 19.4. The minimum Gasteiger partial charge on any atom is -0.508 e. The molecular formula is C46H54N2O9. The van der Waals surface area contributed by atoms with Crippen molar-refractivity contribution in [2.24, 2.45) is 17.8 Å². The van der Waals surface area contributed by atoms with Crippen molar-refractivity contribution in [2.45, 2.75) is 78.2 Å². The Morgan fingerprint density at radius 1 is 0.789 bits per heavy atom. The monoisotopic (exact) mass is 778 g/mol. The minimum atomic E-state index is -0.915.